The van der Waals surface area contributed by atoms with Gasteiger partial charge in [-0.25, -0.2) is 9.97 Å². The Morgan fingerprint density at radius 1 is 0.404 bits per heavy atom. The molecule has 1 unspecified atom stereocenters. The minimum Gasteiger partial charge on any atom is -0.455 e. The quantitative estimate of drug-likeness (QED) is 0.171. The Morgan fingerprint density at radius 3 is 1.81 bits per heavy atom. The monoisotopic (exact) mass is 728 g/mol. The molecular formula is C54H36N2O. The maximum Gasteiger partial charge on any atom is 0.160 e. The minimum absolute atomic E-state index is 0.302. The van der Waals surface area contributed by atoms with E-state index in [1.807, 2.05) is 30.3 Å². The van der Waals surface area contributed by atoms with E-state index in [2.05, 4.69) is 177 Å². The molecule has 1 atom stereocenters. The molecule has 8 aromatic carbocycles. The average molecular weight is 729 g/mol. The van der Waals surface area contributed by atoms with E-state index in [9.17, 15) is 0 Å². The van der Waals surface area contributed by atoms with Gasteiger partial charge in [-0.05, 0) is 75.7 Å². The Balaban J connectivity index is 1.06. The number of rotatable bonds is 6. The molecule has 1 aliphatic rings. The van der Waals surface area contributed by atoms with Gasteiger partial charge in [-0.1, -0.05) is 176 Å². The number of aromatic nitrogens is 2. The van der Waals surface area contributed by atoms with Gasteiger partial charge < -0.3 is 4.42 Å². The molecule has 0 spiro atoms. The minimum atomic E-state index is -0.302. The maximum atomic E-state index is 6.47. The fourth-order valence-electron chi connectivity index (χ4n) is 8.95. The van der Waals surface area contributed by atoms with Gasteiger partial charge in [-0.2, -0.15) is 0 Å². The lowest BCUT2D eigenvalue weighted by Gasteiger charge is -2.28. The van der Waals surface area contributed by atoms with Crippen LogP contribution in [0.4, 0.5) is 0 Å². The summed E-state index contributed by atoms with van der Waals surface area (Å²) in [7, 11) is 0. The Kier molecular flexibility index (Phi) is 7.61. The molecule has 2 aromatic heterocycles. The molecule has 0 aliphatic heterocycles. The van der Waals surface area contributed by atoms with Gasteiger partial charge in [0.2, 0.25) is 0 Å². The molecule has 0 N–H and O–H groups in total. The second-order valence-electron chi connectivity index (χ2n) is 15.0. The molecule has 57 heavy (non-hydrogen) atoms. The first-order chi connectivity index (χ1) is 28.1. The molecule has 0 saturated carbocycles. The van der Waals surface area contributed by atoms with Crippen molar-refractivity contribution in [2.45, 2.75) is 12.3 Å². The third-order valence-electron chi connectivity index (χ3n) is 11.8. The van der Waals surface area contributed by atoms with Gasteiger partial charge in [-0.3, -0.25) is 0 Å². The molecule has 3 heteroatoms. The van der Waals surface area contributed by atoms with Crippen LogP contribution < -0.4 is 0 Å². The summed E-state index contributed by atoms with van der Waals surface area (Å²) in [6, 6.07) is 71.0. The van der Waals surface area contributed by atoms with Crippen molar-refractivity contribution in [2.24, 2.45) is 0 Å². The Morgan fingerprint density at radius 2 is 1.02 bits per heavy atom. The van der Waals surface area contributed by atoms with Crippen molar-refractivity contribution in [3.63, 3.8) is 0 Å². The van der Waals surface area contributed by atoms with Crippen LogP contribution in [0.3, 0.4) is 0 Å². The average Bonchev–Trinajstić information content (AvgIpc) is 3.80. The maximum absolute atomic E-state index is 6.47. The largest absolute Gasteiger partial charge is 0.455 e. The third-order valence-corrected chi connectivity index (χ3v) is 11.8. The summed E-state index contributed by atoms with van der Waals surface area (Å²) >= 11 is 0. The number of nitrogens with zero attached hydrogens (tertiary/aromatic N) is 2. The van der Waals surface area contributed by atoms with Gasteiger partial charge in [-0.15, -0.1) is 0 Å². The smallest absolute Gasteiger partial charge is 0.160 e. The third kappa shape index (κ3) is 5.35. The zero-order valence-electron chi connectivity index (χ0n) is 31.4. The standard InChI is InChI=1S/C54H36N2O/c1-54(40-20-9-4-10-21-40)46-25-13-11-23-42(46)51-43(24-15-26-47(51)54)49-34-48(55-53(56-49)38-18-7-3-8-19-38)37-30-28-35(29-31-37)39-32-44(36-16-5-2-6-17-36)52-45(33-39)41-22-12-14-27-50(41)57-52/h2-34H,1H3. The fourth-order valence-corrected chi connectivity index (χ4v) is 8.95. The number of benzene rings is 8. The van der Waals surface area contributed by atoms with Crippen LogP contribution in [0.15, 0.2) is 205 Å². The van der Waals surface area contributed by atoms with E-state index in [1.165, 1.54) is 27.8 Å². The first-order valence-electron chi connectivity index (χ1n) is 19.5. The number of furan rings is 1. The second-order valence-corrected chi connectivity index (χ2v) is 15.0. The van der Waals surface area contributed by atoms with E-state index in [1.54, 1.807) is 0 Å². The zero-order chi connectivity index (χ0) is 37.9. The molecule has 0 saturated heterocycles. The van der Waals surface area contributed by atoms with Crippen molar-refractivity contribution < 1.29 is 4.42 Å². The van der Waals surface area contributed by atoms with Crippen LogP contribution in [0.1, 0.15) is 23.6 Å². The highest BCUT2D eigenvalue weighted by Gasteiger charge is 2.41. The van der Waals surface area contributed by atoms with E-state index < -0.39 is 0 Å². The van der Waals surface area contributed by atoms with Crippen molar-refractivity contribution in [2.75, 3.05) is 0 Å². The molecule has 0 radical (unpaired) electrons. The summed E-state index contributed by atoms with van der Waals surface area (Å²) in [5, 5.41) is 2.23. The van der Waals surface area contributed by atoms with Crippen molar-refractivity contribution in [3.8, 4) is 67.3 Å². The van der Waals surface area contributed by atoms with Gasteiger partial charge >= 0.3 is 0 Å². The van der Waals surface area contributed by atoms with Gasteiger partial charge in [0.05, 0.1) is 11.4 Å². The van der Waals surface area contributed by atoms with Crippen LogP contribution >= 0.6 is 0 Å². The summed E-state index contributed by atoms with van der Waals surface area (Å²) in [5.41, 5.74) is 17.2. The molecule has 1 aliphatic carbocycles. The Hall–Kier alpha value is -7.36. The summed E-state index contributed by atoms with van der Waals surface area (Å²) in [6.07, 6.45) is 0. The fraction of sp³-hybridized carbons (Fsp3) is 0.0370. The number of hydrogen-bond donors (Lipinski definition) is 0. The molecule has 0 fully saturated rings. The predicted molar refractivity (Wildman–Crippen MR) is 234 cm³/mol. The van der Waals surface area contributed by atoms with E-state index in [0.717, 1.165) is 72.3 Å². The SMILES string of the molecule is CC1(c2ccccc2)c2ccccc2-c2c(-c3cc(-c4ccc(-c5cc(-c6ccccc6)c6oc7ccccc7c6c5)cc4)nc(-c4ccccc4)n3)cccc21. The first kappa shape index (κ1) is 33.0. The Bertz CT molecular complexity index is 3110. The summed E-state index contributed by atoms with van der Waals surface area (Å²) in [4.78, 5) is 10.5. The zero-order valence-corrected chi connectivity index (χ0v) is 31.4. The molecule has 2 heterocycles. The molecule has 0 bridgehead atoms. The van der Waals surface area contributed by atoms with Crippen molar-refractivity contribution in [3.05, 3.63) is 217 Å². The van der Waals surface area contributed by atoms with E-state index in [-0.39, 0.29) is 5.41 Å². The van der Waals surface area contributed by atoms with E-state index >= 15 is 0 Å². The summed E-state index contributed by atoms with van der Waals surface area (Å²) in [5.74, 6) is 0.701. The van der Waals surface area contributed by atoms with Crippen molar-refractivity contribution in [1.29, 1.82) is 0 Å². The molecule has 3 nitrogen and oxygen atoms in total. The number of para-hydroxylation sites is 1. The van der Waals surface area contributed by atoms with Crippen LogP contribution in [0.25, 0.3) is 89.2 Å². The molecule has 10 aromatic rings. The van der Waals surface area contributed by atoms with Crippen LogP contribution in [0, 0.1) is 0 Å². The highest BCUT2D eigenvalue weighted by atomic mass is 16.3. The molecule has 268 valence electrons. The highest BCUT2D eigenvalue weighted by Crippen LogP contribution is 2.55. The summed E-state index contributed by atoms with van der Waals surface area (Å²) in [6.45, 7) is 2.36. The lowest BCUT2D eigenvalue weighted by atomic mass is 9.74. The molecule has 0 amide bonds. The van der Waals surface area contributed by atoms with Gasteiger partial charge in [0.15, 0.2) is 5.82 Å². The van der Waals surface area contributed by atoms with E-state index in [0.29, 0.717) is 5.82 Å². The van der Waals surface area contributed by atoms with Gasteiger partial charge in [0.1, 0.15) is 11.2 Å². The van der Waals surface area contributed by atoms with Crippen LogP contribution in [0.2, 0.25) is 0 Å². The van der Waals surface area contributed by atoms with Crippen LogP contribution in [-0.2, 0) is 5.41 Å². The van der Waals surface area contributed by atoms with E-state index in [4.69, 9.17) is 14.4 Å². The summed E-state index contributed by atoms with van der Waals surface area (Å²) < 4.78 is 6.47. The number of hydrogen-bond acceptors (Lipinski definition) is 3. The van der Waals surface area contributed by atoms with Crippen molar-refractivity contribution in [1.82, 2.24) is 9.97 Å². The topological polar surface area (TPSA) is 38.9 Å². The van der Waals surface area contributed by atoms with Crippen LogP contribution in [0.5, 0.6) is 0 Å². The first-order valence-corrected chi connectivity index (χ1v) is 19.5. The second kappa shape index (κ2) is 13.1. The lowest BCUT2D eigenvalue weighted by Crippen LogP contribution is -2.22. The van der Waals surface area contributed by atoms with Gasteiger partial charge in [0, 0.05) is 38.4 Å². The van der Waals surface area contributed by atoms with Gasteiger partial charge in [0.25, 0.3) is 0 Å². The number of fused-ring (bicyclic) bond motifs is 6. The lowest BCUT2D eigenvalue weighted by molar-refractivity contribution is 0.670. The molecular weight excluding hydrogens is 693 g/mol. The highest BCUT2D eigenvalue weighted by molar-refractivity contribution is 6.11. The van der Waals surface area contributed by atoms with Crippen molar-refractivity contribution >= 4 is 21.9 Å². The molecule has 11 rings (SSSR count). The van der Waals surface area contributed by atoms with Crippen LogP contribution in [-0.4, -0.2) is 9.97 Å². The Labute approximate surface area is 331 Å². The predicted octanol–water partition coefficient (Wildman–Crippen LogP) is 14.0. The normalized spacial score (nSPS) is 14.5.